The van der Waals surface area contributed by atoms with Gasteiger partial charge in [0.25, 0.3) is 0 Å². The van der Waals surface area contributed by atoms with E-state index in [0.717, 1.165) is 25.9 Å². The van der Waals surface area contributed by atoms with E-state index in [2.05, 4.69) is 33.9 Å². The van der Waals surface area contributed by atoms with Gasteiger partial charge in [-0.1, -0.05) is 46.5 Å². The minimum Gasteiger partial charge on any atom is -0.391 e. The van der Waals surface area contributed by atoms with Gasteiger partial charge in [-0.15, -0.1) is 6.58 Å². The molecule has 0 saturated heterocycles. The Morgan fingerprint density at radius 2 is 1.67 bits per heavy atom. The maximum atomic E-state index is 6.25. The van der Waals surface area contributed by atoms with Crippen LogP contribution in [0.5, 0.6) is 0 Å². The highest BCUT2D eigenvalue weighted by Crippen LogP contribution is 2.18. The fraction of sp³-hybridized carbons (Fsp3) is 0.867. The van der Waals surface area contributed by atoms with E-state index in [0.29, 0.717) is 6.10 Å². The van der Waals surface area contributed by atoms with Gasteiger partial charge in [0.15, 0.2) is 0 Å². The average Bonchev–Trinajstić information content (AvgIpc) is 2.35. The Labute approximate surface area is 115 Å². The summed E-state index contributed by atoms with van der Waals surface area (Å²) in [5.74, 6) is 0. The predicted molar refractivity (Wildman–Crippen MR) is 82.0 cm³/mol. The number of hydrogen-bond donors (Lipinski definition) is 0. The second-order valence-corrected chi connectivity index (χ2v) is 8.06. The van der Waals surface area contributed by atoms with E-state index in [4.69, 9.17) is 8.85 Å². The summed E-state index contributed by atoms with van der Waals surface area (Å²) in [7, 11) is -2.15. The van der Waals surface area contributed by atoms with E-state index in [1.807, 2.05) is 5.70 Å². The lowest BCUT2D eigenvalue weighted by atomic mass is 10.1. The van der Waals surface area contributed by atoms with Gasteiger partial charge in [-0.2, -0.15) is 0 Å². The van der Waals surface area contributed by atoms with Crippen LogP contribution in [-0.2, 0) is 8.85 Å². The average molecular weight is 273 g/mol. The van der Waals surface area contributed by atoms with Gasteiger partial charge < -0.3 is 8.85 Å². The molecule has 0 aromatic carbocycles. The highest BCUT2D eigenvalue weighted by atomic mass is 28.4. The molecule has 0 N–H and O–H groups in total. The van der Waals surface area contributed by atoms with Crippen LogP contribution in [0, 0.1) is 0 Å². The standard InChI is InChI=1S/C15H32O2Si/c1-6-10-11-14-16-18(5,9-4)17-15(12-7-2)13-8-3/h9,15H,4,6-8,10-14H2,1-3,5H3. The van der Waals surface area contributed by atoms with Gasteiger partial charge in [-0.3, -0.25) is 0 Å². The minimum absolute atomic E-state index is 0.348. The van der Waals surface area contributed by atoms with E-state index >= 15 is 0 Å². The van der Waals surface area contributed by atoms with Crippen molar-refractivity contribution >= 4 is 8.56 Å². The molecule has 0 aliphatic rings. The van der Waals surface area contributed by atoms with E-state index in [9.17, 15) is 0 Å². The third kappa shape index (κ3) is 8.06. The third-order valence-electron chi connectivity index (χ3n) is 3.13. The first-order valence-electron chi connectivity index (χ1n) is 7.57. The van der Waals surface area contributed by atoms with Gasteiger partial charge in [-0.25, -0.2) is 0 Å². The van der Waals surface area contributed by atoms with Crippen LogP contribution >= 0.6 is 0 Å². The lowest BCUT2D eigenvalue weighted by molar-refractivity contribution is 0.109. The van der Waals surface area contributed by atoms with Gasteiger partial charge in [0.05, 0.1) is 0 Å². The molecule has 0 fully saturated rings. The predicted octanol–water partition coefficient (Wildman–Crippen LogP) is 4.98. The van der Waals surface area contributed by atoms with Gasteiger partial charge in [-0.05, 0) is 31.5 Å². The van der Waals surface area contributed by atoms with Crippen molar-refractivity contribution in [3.8, 4) is 0 Å². The zero-order chi connectivity index (χ0) is 13.9. The van der Waals surface area contributed by atoms with Crippen molar-refractivity contribution in [1.82, 2.24) is 0 Å². The van der Waals surface area contributed by atoms with Gasteiger partial charge in [0, 0.05) is 12.7 Å². The zero-order valence-corrected chi connectivity index (χ0v) is 13.8. The maximum Gasteiger partial charge on any atom is 0.361 e. The summed E-state index contributed by atoms with van der Waals surface area (Å²) in [6, 6.07) is 0. The topological polar surface area (TPSA) is 18.5 Å². The van der Waals surface area contributed by atoms with Crippen LogP contribution in [-0.4, -0.2) is 21.3 Å². The smallest absolute Gasteiger partial charge is 0.361 e. The van der Waals surface area contributed by atoms with Crippen molar-refractivity contribution in [2.45, 2.75) is 78.4 Å². The SMILES string of the molecule is C=C[Si](C)(OCCCCC)OC(CCC)CCC. The highest BCUT2D eigenvalue weighted by molar-refractivity contribution is 6.71. The van der Waals surface area contributed by atoms with Crippen LogP contribution in [0.25, 0.3) is 0 Å². The number of rotatable bonds is 12. The van der Waals surface area contributed by atoms with Crippen molar-refractivity contribution in [2.75, 3.05) is 6.61 Å². The molecule has 108 valence electrons. The molecule has 1 atom stereocenters. The third-order valence-corrected chi connectivity index (χ3v) is 5.45. The maximum absolute atomic E-state index is 6.25. The molecule has 0 rings (SSSR count). The molecule has 0 amide bonds. The lowest BCUT2D eigenvalue weighted by Crippen LogP contribution is -2.40. The van der Waals surface area contributed by atoms with Gasteiger partial charge in [0.1, 0.15) is 0 Å². The Bertz CT molecular complexity index is 203. The van der Waals surface area contributed by atoms with Crippen molar-refractivity contribution in [3.05, 3.63) is 12.3 Å². The molecule has 1 unspecified atom stereocenters. The molecular formula is C15H32O2Si. The number of hydrogen-bond acceptors (Lipinski definition) is 2. The fourth-order valence-corrected chi connectivity index (χ4v) is 3.73. The van der Waals surface area contributed by atoms with Gasteiger partial charge >= 0.3 is 8.56 Å². The molecule has 3 heteroatoms. The summed E-state index contributed by atoms with van der Waals surface area (Å²) in [6.07, 6.45) is 8.53. The molecular weight excluding hydrogens is 240 g/mol. The molecule has 0 bridgehead atoms. The lowest BCUT2D eigenvalue weighted by Gasteiger charge is -2.29. The molecule has 0 aromatic rings. The summed E-state index contributed by atoms with van der Waals surface area (Å²) in [5.41, 5.74) is 1.93. The zero-order valence-electron chi connectivity index (χ0n) is 12.8. The fourth-order valence-electron chi connectivity index (χ4n) is 2.01. The van der Waals surface area contributed by atoms with E-state index in [-0.39, 0.29) is 0 Å². The van der Waals surface area contributed by atoms with E-state index in [1.165, 1.54) is 25.7 Å². The van der Waals surface area contributed by atoms with Crippen LogP contribution in [0.3, 0.4) is 0 Å². The van der Waals surface area contributed by atoms with Gasteiger partial charge in [0.2, 0.25) is 0 Å². The summed E-state index contributed by atoms with van der Waals surface area (Å²) >= 11 is 0. The first-order chi connectivity index (χ1) is 8.61. The molecule has 0 radical (unpaired) electrons. The van der Waals surface area contributed by atoms with Crippen LogP contribution in [0.15, 0.2) is 12.3 Å². The Hall–Kier alpha value is -0.123. The molecule has 0 heterocycles. The van der Waals surface area contributed by atoms with Crippen molar-refractivity contribution in [1.29, 1.82) is 0 Å². The summed E-state index contributed by atoms with van der Waals surface area (Å²) in [5, 5.41) is 0. The molecule has 0 aliphatic heterocycles. The monoisotopic (exact) mass is 272 g/mol. The Kier molecular flexibility index (Phi) is 10.7. The molecule has 0 spiro atoms. The van der Waals surface area contributed by atoms with Crippen molar-refractivity contribution in [3.63, 3.8) is 0 Å². The van der Waals surface area contributed by atoms with Crippen LogP contribution in [0.2, 0.25) is 6.55 Å². The molecule has 18 heavy (non-hydrogen) atoms. The molecule has 0 aliphatic carbocycles. The van der Waals surface area contributed by atoms with Crippen LogP contribution in [0.4, 0.5) is 0 Å². The Balaban J connectivity index is 4.19. The van der Waals surface area contributed by atoms with Crippen LogP contribution in [0.1, 0.15) is 65.7 Å². The number of unbranched alkanes of at least 4 members (excludes halogenated alkanes) is 2. The Morgan fingerprint density at radius 1 is 1.06 bits per heavy atom. The van der Waals surface area contributed by atoms with Crippen molar-refractivity contribution < 1.29 is 8.85 Å². The first kappa shape index (κ1) is 17.9. The summed E-state index contributed by atoms with van der Waals surface area (Å²) in [6.45, 7) is 13.5. The second kappa shape index (κ2) is 10.8. The van der Waals surface area contributed by atoms with Crippen molar-refractivity contribution in [2.24, 2.45) is 0 Å². The normalized spacial score (nSPS) is 14.7. The van der Waals surface area contributed by atoms with Crippen LogP contribution < -0.4 is 0 Å². The van der Waals surface area contributed by atoms with E-state index in [1.54, 1.807) is 0 Å². The summed E-state index contributed by atoms with van der Waals surface area (Å²) < 4.78 is 12.2. The van der Waals surface area contributed by atoms with E-state index < -0.39 is 8.56 Å². The molecule has 0 aromatic heterocycles. The second-order valence-electron chi connectivity index (χ2n) is 5.09. The highest BCUT2D eigenvalue weighted by Gasteiger charge is 2.30. The molecule has 0 saturated carbocycles. The largest absolute Gasteiger partial charge is 0.391 e. The molecule has 2 nitrogen and oxygen atoms in total. The first-order valence-corrected chi connectivity index (χ1v) is 9.96. The summed E-state index contributed by atoms with van der Waals surface area (Å²) in [4.78, 5) is 0. The minimum atomic E-state index is -2.15. The quantitative estimate of drug-likeness (QED) is 0.368. The Morgan fingerprint density at radius 3 is 2.11 bits per heavy atom.